The van der Waals surface area contributed by atoms with E-state index >= 15 is 0 Å². The van der Waals surface area contributed by atoms with Crippen molar-refractivity contribution in [3.63, 3.8) is 0 Å². The highest BCUT2D eigenvalue weighted by atomic mass is 16.6. The van der Waals surface area contributed by atoms with Gasteiger partial charge in [0.1, 0.15) is 5.75 Å². The highest BCUT2D eigenvalue weighted by Crippen LogP contribution is 2.56. The second-order valence-electron chi connectivity index (χ2n) is 9.41. The van der Waals surface area contributed by atoms with Crippen molar-refractivity contribution in [2.24, 2.45) is 5.92 Å². The van der Waals surface area contributed by atoms with E-state index < -0.39 is 4.92 Å². The Labute approximate surface area is 187 Å². The summed E-state index contributed by atoms with van der Waals surface area (Å²) in [5, 5.41) is 21.5. The average molecular weight is 437 g/mol. The average Bonchev–Trinajstić information content (AvgIpc) is 2.80. The van der Waals surface area contributed by atoms with Gasteiger partial charge in [0.2, 0.25) is 0 Å². The van der Waals surface area contributed by atoms with E-state index in [1.807, 2.05) is 12.1 Å². The fourth-order valence-electron chi connectivity index (χ4n) is 6.55. The van der Waals surface area contributed by atoms with Crippen molar-refractivity contribution in [3.8, 4) is 11.5 Å². The molecule has 2 aromatic rings. The summed E-state index contributed by atoms with van der Waals surface area (Å²) in [6.07, 6.45) is 6.52. The van der Waals surface area contributed by atoms with Gasteiger partial charge in [-0.05, 0) is 73.5 Å². The number of fused-ring (bicyclic) bond motifs is 1. The molecule has 1 aliphatic heterocycles. The molecule has 3 atom stereocenters. The molecule has 168 valence electrons. The van der Waals surface area contributed by atoms with Crippen molar-refractivity contribution < 1.29 is 19.6 Å². The molecular formula is C25H28N2O5. The van der Waals surface area contributed by atoms with Crippen LogP contribution in [0.15, 0.2) is 36.4 Å². The number of methoxy groups -OCH3 is 1. The Hall–Kier alpha value is -2.93. The third kappa shape index (κ3) is 3.26. The lowest BCUT2D eigenvalue weighted by Gasteiger charge is -2.59. The molecule has 3 aliphatic rings. The largest absolute Gasteiger partial charge is 0.508 e. The van der Waals surface area contributed by atoms with E-state index in [4.69, 9.17) is 4.74 Å². The van der Waals surface area contributed by atoms with E-state index in [9.17, 15) is 20.0 Å². The fourth-order valence-corrected chi connectivity index (χ4v) is 6.55. The molecule has 0 aromatic heterocycles. The number of piperidine rings is 1. The van der Waals surface area contributed by atoms with Gasteiger partial charge in [-0.15, -0.1) is 0 Å². The molecule has 2 fully saturated rings. The van der Waals surface area contributed by atoms with E-state index in [0.717, 1.165) is 32.2 Å². The van der Waals surface area contributed by atoms with Gasteiger partial charge in [-0.25, -0.2) is 0 Å². The van der Waals surface area contributed by atoms with Crippen LogP contribution in [0.3, 0.4) is 0 Å². The summed E-state index contributed by atoms with van der Waals surface area (Å²) in [6.45, 7) is 1.08. The Morgan fingerprint density at radius 2 is 2.09 bits per heavy atom. The van der Waals surface area contributed by atoms with Gasteiger partial charge in [-0.3, -0.25) is 19.8 Å². The molecule has 0 radical (unpaired) electrons. The van der Waals surface area contributed by atoms with Crippen LogP contribution in [0.1, 0.15) is 53.6 Å². The number of nitro groups is 1. The fraction of sp³-hybridized carbons (Fsp3) is 0.480. The molecule has 0 spiro atoms. The first-order valence-corrected chi connectivity index (χ1v) is 11.3. The standard InChI is InChI=1S/C25H28N2O5/c1-32-24-8-6-17(13-22(24)27(30)31)23(29)15-26-11-10-25-9-3-2-4-19(25)21(26)12-16-5-7-18(28)14-20(16)25/h5-8,13-14,19,21,28H,2-4,9-12,15H2,1H3/t19-,21-,25-/m0/s1. The molecule has 2 aromatic carbocycles. The van der Waals surface area contributed by atoms with Gasteiger partial charge in [-0.1, -0.05) is 18.9 Å². The molecule has 1 heterocycles. The van der Waals surface area contributed by atoms with Crippen molar-refractivity contribution in [1.82, 2.24) is 4.90 Å². The first-order valence-electron chi connectivity index (χ1n) is 11.3. The number of Topliss-reactive ketones (excluding diaryl/α,β-unsaturated/α-hetero) is 1. The number of hydrogen-bond acceptors (Lipinski definition) is 6. The number of nitrogens with zero attached hydrogens (tertiary/aromatic N) is 2. The summed E-state index contributed by atoms with van der Waals surface area (Å²) in [4.78, 5) is 26.3. The van der Waals surface area contributed by atoms with Crippen molar-refractivity contribution >= 4 is 11.5 Å². The topological polar surface area (TPSA) is 92.9 Å². The van der Waals surface area contributed by atoms with Crippen molar-refractivity contribution in [3.05, 3.63) is 63.2 Å². The van der Waals surface area contributed by atoms with Crippen LogP contribution in [0, 0.1) is 16.0 Å². The summed E-state index contributed by atoms with van der Waals surface area (Å²) in [5.41, 5.74) is 2.85. The molecule has 1 N–H and O–H groups in total. The molecule has 5 rings (SSSR count). The number of benzene rings is 2. The lowest BCUT2D eigenvalue weighted by molar-refractivity contribution is -0.385. The van der Waals surface area contributed by atoms with Crippen molar-refractivity contribution in [2.45, 2.75) is 50.0 Å². The Balaban J connectivity index is 1.43. The summed E-state index contributed by atoms with van der Waals surface area (Å²) in [5.74, 6) is 0.858. The summed E-state index contributed by atoms with van der Waals surface area (Å²) >= 11 is 0. The highest BCUT2D eigenvalue weighted by Gasteiger charge is 2.53. The smallest absolute Gasteiger partial charge is 0.311 e. The van der Waals surface area contributed by atoms with Crippen LogP contribution < -0.4 is 4.74 Å². The molecule has 2 bridgehead atoms. The molecule has 7 heteroatoms. The van der Waals surface area contributed by atoms with Crippen LogP contribution in [0.5, 0.6) is 11.5 Å². The normalized spacial score (nSPS) is 26.7. The molecule has 0 amide bonds. The molecule has 32 heavy (non-hydrogen) atoms. The van der Waals surface area contributed by atoms with Crippen LogP contribution in [0.4, 0.5) is 5.69 Å². The van der Waals surface area contributed by atoms with Gasteiger partial charge in [0.05, 0.1) is 18.6 Å². The first kappa shape index (κ1) is 20.9. The monoisotopic (exact) mass is 436 g/mol. The minimum absolute atomic E-state index is 0.0910. The number of rotatable bonds is 5. The Kier molecular flexibility index (Phi) is 5.16. The number of aromatic hydroxyl groups is 1. The minimum Gasteiger partial charge on any atom is -0.508 e. The Morgan fingerprint density at radius 1 is 1.25 bits per heavy atom. The van der Waals surface area contributed by atoms with Gasteiger partial charge in [-0.2, -0.15) is 0 Å². The van der Waals surface area contributed by atoms with Crippen LogP contribution in [-0.2, 0) is 11.8 Å². The van der Waals surface area contributed by atoms with Crippen LogP contribution in [0.2, 0.25) is 0 Å². The molecule has 1 saturated carbocycles. The first-order chi connectivity index (χ1) is 15.4. The van der Waals surface area contributed by atoms with Crippen molar-refractivity contribution in [2.75, 3.05) is 20.2 Å². The van der Waals surface area contributed by atoms with E-state index in [1.54, 1.807) is 12.1 Å². The number of phenolic OH excluding ortho intramolecular Hbond substituents is 1. The molecule has 7 nitrogen and oxygen atoms in total. The lowest BCUT2D eigenvalue weighted by Crippen LogP contribution is -2.61. The quantitative estimate of drug-likeness (QED) is 0.428. The SMILES string of the molecule is COc1ccc(C(=O)CN2CC[C@@]34CCCC[C@H]3[C@@H]2Cc2ccc(O)cc24)cc1[N+](=O)[O-]. The second-order valence-corrected chi connectivity index (χ2v) is 9.41. The van der Waals surface area contributed by atoms with Gasteiger partial charge in [0.25, 0.3) is 0 Å². The lowest BCUT2D eigenvalue weighted by atomic mass is 9.52. The second kappa shape index (κ2) is 7.89. The summed E-state index contributed by atoms with van der Waals surface area (Å²) < 4.78 is 5.06. The number of ketones is 1. The highest BCUT2D eigenvalue weighted by molar-refractivity contribution is 5.98. The van der Waals surface area contributed by atoms with Crippen LogP contribution >= 0.6 is 0 Å². The number of likely N-dealkylation sites (tertiary alicyclic amines) is 1. The zero-order chi connectivity index (χ0) is 22.5. The van der Waals surface area contributed by atoms with Crippen LogP contribution in [-0.4, -0.2) is 47.0 Å². The van der Waals surface area contributed by atoms with E-state index in [-0.39, 0.29) is 35.2 Å². The van der Waals surface area contributed by atoms with Crippen molar-refractivity contribution in [1.29, 1.82) is 0 Å². The van der Waals surface area contributed by atoms with Gasteiger partial charge in [0.15, 0.2) is 11.5 Å². The van der Waals surface area contributed by atoms with Crippen LogP contribution in [0.25, 0.3) is 0 Å². The predicted molar refractivity (Wildman–Crippen MR) is 119 cm³/mol. The number of ether oxygens (including phenoxy) is 1. The number of hydrogen-bond donors (Lipinski definition) is 1. The molecule has 2 aliphatic carbocycles. The van der Waals surface area contributed by atoms with Gasteiger partial charge in [0, 0.05) is 23.1 Å². The van der Waals surface area contributed by atoms with Gasteiger partial charge < -0.3 is 9.84 Å². The predicted octanol–water partition coefficient (Wildman–Crippen LogP) is 4.25. The zero-order valence-corrected chi connectivity index (χ0v) is 18.3. The van der Waals surface area contributed by atoms with E-state index in [2.05, 4.69) is 4.90 Å². The minimum atomic E-state index is -0.514. The van der Waals surface area contributed by atoms with E-state index in [0.29, 0.717) is 17.2 Å². The number of carbonyl (C=O) groups excluding carboxylic acids is 1. The zero-order valence-electron chi connectivity index (χ0n) is 18.3. The third-order valence-electron chi connectivity index (χ3n) is 7.98. The maximum Gasteiger partial charge on any atom is 0.311 e. The van der Waals surface area contributed by atoms with E-state index in [1.165, 1.54) is 43.2 Å². The molecule has 1 saturated heterocycles. The maximum absolute atomic E-state index is 13.2. The number of carbonyl (C=O) groups is 1. The molecular weight excluding hydrogens is 408 g/mol. The summed E-state index contributed by atoms with van der Waals surface area (Å²) in [7, 11) is 1.38. The third-order valence-corrected chi connectivity index (χ3v) is 7.98. The Bertz CT molecular complexity index is 1080. The Morgan fingerprint density at radius 3 is 2.88 bits per heavy atom. The molecule has 0 unspecified atom stereocenters. The number of phenols is 1. The van der Waals surface area contributed by atoms with Gasteiger partial charge >= 0.3 is 5.69 Å². The number of nitro benzene ring substituents is 1. The maximum atomic E-state index is 13.2. The summed E-state index contributed by atoms with van der Waals surface area (Å²) in [6, 6.07) is 10.5.